The van der Waals surface area contributed by atoms with E-state index in [-0.39, 0.29) is 22.5 Å². The van der Waals surface area contributed by atoms with Crippen molar-refractivity contribution in [2.75, 3.05) is 0 Å². The van der Waals surface area contributed by atoms with Gasteiger partial charge in [-0.3, -0.25) is 4.79 Å². The molecule has 0 fully saturated rings. The summed E-state index contributed by atoms with van der Waals surface area (Å²) in [4.78, 5) is 11.9. The summed E-state index contributed by atoms with van der Waals surface area (Å²) in [5.41, 5.74) is -1.27. The molecule has 1 nitrogen and oxygen atoms in total. The van der Waals surface area contributed by atoms with Crippen LogP contribution in [0, 0.1) is 0 Å². The third kappa shape index (κ3) is 5.74. The molecule has 2 aromatic carbocycles. The van der Waals surface area contributed by atoms with E-state index in [0.29, 0.717) is 5.56 Å². The van der Waals surface area contributed by atoms with Crippen molar-refractivity contribution >= 4 is 28.8 Å². The van der Waals surface area contributed by atoms with E-state index in [1.165, 1.54) is 18.2 Å². The lowest BCUT2D eigenvalue weighted by Gasteiger charge is -2.06. The first kappa shape index (κ1) is 21.0. The van der Waals surface area contributed by atoms with Gasteiger partial charge in [-0.25, -0.2) is 0 Å². The van der Waals surface area contributed by atoms with Crippen LogP contribution in [0.15, 0.2) is 54.6 Å². The zero-order valence-electron chi connectivity index (χ0n) is 12.4. The first-order valence-corrected chi connectivity index (χ1v) is 6.64. The average molecular weight is 425 g/mol. The van der Waals surface area contributed by atoms with Gasteiger partial charge in [-0.2, -0.15) is 26.3 Å². The van der Waals surface area contributed by atoms with E-state index in [1.54, 1.807) is 0 Å². The number of carbonyl (C=O) groups excluding carboxylic acids is 1. The lowest BCUT2D eigenvalue weighted by molar-refractivity contribution is -0.138. The Morgan fingerprint density at radius 1 is 0.720 bits per heavy atom. The quantitative estimate of drug-likeness (QED) is 0.325. The number of alkyl halides is 6. The molecule has 0 aromatic heterocycles. The van der Waals surface area contributed by atoms with Gasteiger partial charge in [-0.05, 0) is 35.9 Å². The Bertz CT molecular complexity index is 743. The Morgan fingerprint density at radius 3 is 1.52 bits per heavy atom. The van der Waals surface area contributed by atoms with E-state index in [2.05, 4.69) is 0 Å². The van der Waals surface area contributed by atoms with Crippen molar-refractivity contribution in [2.45, 2.75) is 12.4 Å². The minimum atomic E-state index is -4.49. The molecule has 0 aliphatic heterocycles. The van der Waals surface area contributed by atoms with Gasteiger partial charge in [0.25, 0.3) is 0 Å². The Morgan fingerprint density at radius 2 is 1.12 bits per heavy atom. The fourth-order valence-corrected chi connectivity index (χ4v) is 1.87. The van der Waals surface area contributed by atoms with Crippen molar-refractivity contribution in [1.29, 1.82) is 0 Å². The fourth-order valence-electron chi connectivity index (χ4n) is 1.87. The summed E-state index contributed by atoms with van der Waals surface area (Å²) in [6, 6.07) is 7.81. The Labute approximate surface area is 149 Å². The van der Waals surface area contributed by atoms with Crippen LogP contribution < -0.4 is 0 Å². The number of hydrogen-bond donors (Lipinski definition) is 0. The molecule has 2 aromatic rings. The van der Waals surface area contributed by atoms with Crippen molar-refractivity contribution < 1.29 is 31.1 Å². The fraction of sp³-hybridized carbons (Fsp3) is 0.118. The molecule has 2 rings (SSSR count). The summed E-state index contributed by atoms with van der Waals surface area (Å²) < 4.78 is 74.5. The predicted molar refractivity (Wildman–Crippen MR) is 86.6 cm³/mol. The third-order valence-corrected chi connectivity index (χ3v) is 3.16. The van der Waals surface area contributed by atoms with E-state index >= 15 is 0 Å². The molecule has 0 heterocycles. The van der Waals surface area contributed by atoms with Crippen LogP contribution in [0.1, 0.15) is 27.0 Å². The molecular formula is C17H11BrF6O. The average Bonchev–Trinajstić information content (AvgIpc) is 2.51. The van der Waals surface area contributed by atoms with Crippen LogP contribution >= 0.6 is 17.0 Å². The SMILES string of the molecule is Br.O=C(/C=C/c1ccc(C(F)(F)F)cc1)c1ccc(C(F)(F)F)cc1. The number of allylic oxidation sites excluding steroid dienone is 1. The predicted octanol–water partition coefficient (Wildman–Crippen LogP) is 6.20. The highest BCUT2D eigenvalue weighted by Gasteiger charge is 2.30. The zero-order valence-corrected chi connectivity index (χ0v) is 14.1. The molecule has 0 bridgehead atoms. The van der Waals surface area contributed by atoms with Gasteiger partial charge in [0.1, 0.15) is 0 Å². The van der Waals surface area contributed by atoms with Gasteiger partial charge in [0, 0.05) is 5.56 Å². The normalized spacial score (nSPS) is 12.1. The number of carbonyl (C=O) groups is 1. The summed E-state index contributed by atoms with van der Waals surface area (Å²) in [6.07, 6.45) is -6.55. The molecule has 0 saturated heterocycles. The van der Waals surface area contributed by atoms with E-state index in [9.17, 15) is 31.1 Å². The van der Waals surface area contributed by atoms with Crippen LogP contribution in [0.4, 0.5) is 26.3 Å². The lowest BCUT2D eigenvalue weighted by atomic mass is 10.1. The minimum Gasteiger partial charge on any atom is -0.289 e. The number of hydrogen-bond acceptors (Lipinski definition) is 1. The van der Waals surface area contributed by atoms with Crippen molar-refractivity contribution in [3.8, 4) is 0 Å². The molecule has 0 saturated carbocycles. The maximum atomic E-state index is 12.4. The summed E-state index contributed by atoms with van der Waals surface area (Å²) in [7, 11) is 0. The van der Waals surface area contributed by atoms with E-state index in [4.69, 9.17) is 0 Å². The maximum Gasteiger partial charge on any atom is 0.416 e. The van der Waals surface area contributed by atoms with Crippen molar-refractivity contribution in [3.63, 3.8) is 0 Å². The van der Waals surface area contributed by atoms with Crippen LogP contribution in [0.25, 0.3) is 6.08 Å². The summed E-state index contributed by atoms with van der Waals surface area (Å²) in [5, 5.41) is 0. The van der Waals surface area contributed by atoms with Gasteiger partial charge >= 0.3 is 12.4 Å². The highest BCUT2D eigenvalue weighted by Crippen LogP contribution is 2.30. The van der Waals surface area contributed by atoms with Crippen LogP contribution in [0.3, 0.4) is 0 Å². The topological polar surface area (TPSA) is 17.1 Å². The van der Waals surface area contributed by atoms with Gasteiger partial charge in [0.15, 0.2) is 5.78 Å². The zero-order chi connectivity index (χ0) is 18.0. The Balaban J connectivity index is 0.00000312. The molecule has 25 heavy (non-hydrogen) atoms. The summed E-state index contributed by atoms with van der Waals surface area (Å²) in [6.45, 7) is 0. The molecule has 0 spiro atoms. The van der Waals surface area contributed by atoms with Gasteiger partial charge in [0.2, 0.25) is 0 Å². The van der Waals surface area contributed by atoms with E-state index in [1.807, 2.05) is 0 Å². The first-order valence-electron chi connectivity index (χ1n) is 6.64. The number of ketones is 1. The van der Waals surface area contributed by atoms with Crippen LogP contribution in [-0.2, 0) is 12.4 Å². The van der Waals surface area contributed by atoms with Crippen LogP contribution in [-0.4, -0.2) is 5.78 Å². The lowest BCUT2D eigenvalue weighted by Crippen LogP contribution is -2.05. The molecule has 0 aliphatic carbocycles. The largest absolute Gasteiger partial charge is 0.416 e. The second-order valence-electron chi connectivity index (χ2n) is 4.89. The number of rotatable bonds is 3. The monoisotopic (exact) mass is 424 g/mol. The van der Waals surface area contributed by atoms with Gasteiger partial charge in [-0.1, -0.05) is 30.3 Å². The molecule has 0 atom stereocenters. The molecule has 0 aliphatic rings. The second-order valence-corrected chi connectivity index (χ2v) is 4.89. The third-order valence-electron chi connectivity index (χ3n) is 3.16. The van der Waals surface area contributed by atoms with Crippen molar-refractivity contribution in [3.05, 3.63) is 76.9 Å². The van der Waals surface area contributed by atoms with E-state index < -0.39 is 29.3 Å². The molecule has 0 radical (unpaired) electrons. The Hall–Kier alpha value is -2.09. The highest BCUT2D eigenvalue weighted by molar-refractivity contribution is 8.93. The van der Waals surface area contributed by atoms with Gasteiger partial charge < -0.3 is 0 Å². The smallest absolute Gasteiger partial charge is 0.289 e. The molecule has 0 amide bonds. The molecular weight excluding hydrogens is 414 g/mol. The van der Waals surface area contributed by atoms with E-state index in [0.717, 1.165) is 42.5 Å². The maximum absolute atomic E-state index is 12.4. The Kier molecular flexibility index (Phi) is 6.59. The van der Waals surface area contributed by atoms with Gasteiger partial charge in [-0.15, -0.1) is 17.0 Å². The minimum absolute atomic E-state index is 0. The van der Waals surface area contributed by atoms with Crippen LogP contribution in [0.2, 0.25) is 0 Å². The summed E-state index contributed by atoms with van der Waals surface area (Å²) in [5.74, 6) is -0.552. The number of halogens is 7. The molecule has 134 valence electrons. The first-order chi connectivity index (χ1) is 11.1. The van der Waals surface area contributed by atoms with Crippen LogP contribution in [0.5, 0.6) is 0 Å². The molecule has 0 unspecified atom stereocenters. The summed E-state index contributed by atoms with van der Waals surface area (Å²) >= 11 is 0. The number of benzene rings is 2. The molecule has 0 N–H and O–H groups in total. The molecule has 8 heteroatoms. The van der Waals surface area contributed by atoms with Crippen molar-refractivity contribution in [2.24, 2.45) is 0 Å². The standard InChI is InChI=1S/C17H10F6O.BrH/c18-16(19,20)13-6-1-11(2-7-13)3-10-15(24)12-4-8-14(9-5-12)17(21,22)23;/h1-10H;1H/b10-3+;. The van der Waals surface area contributed by atoms with Crippen molar-refractivity contribution in [1.82, 2.24) is 0 Å². The van der Waals surface area contributed by atoms with Gasteiger partial charge in [0.05, 0.1) is 11.1 Å². The highest BCUT2D eigenvalue weighted by atomic mass is 79.9. The second kappa shape index (κ2) is 7.86.